The van der Waals surface area contributed by atoms with Gasteiger partial charge in [-0.25, -0.2) is 0 Å². The first-order chi connectivity index (χ1) is 10.1. The van der Waals surface area contributed by atoms with Gasteiger partial charge in [0, 0.05) is 19.0 Å². The summed E-state index contributed by atoms with van der Waals surface area (Å²) < 4.78 is 0. The maximum atomic E-state index is 12.3. The zero-order valence-corrected chi connectivity index (χ0v) is 14.5. The zero-order chi connectivity index (χ0) is 15.2. The fraction of sp³-hybridized carbons (Fsp3) is 0.611. The zero-order valence-electron chi connectivity index (χ0n) is 13.7. The van der Waals surface area contributed by atoms with Crippen LogP contribution in [-0.4, -0.2) is 18.5 Å². The predicted molar refractivity (Wildman–Crippen MR) is 94.4 cm³/mol. The first-order valence-electron chi connectivity index (χ1n) is 8.17. The Morgan fingerprint density at radius 1 is 1.36 bits per heavy atom. The van der Waals surface area contributed by atoms with Gasteiger partial charge in [-0.05, 0) is 48.6 Å². The summed E-state index contributed by atoms with van der Waals surface area (Å²) in [6, 6.07) is 8.66. The lowest BCUT2D eigenvalue weighted by atomic mass is 9.81. The molecule has 0 spiro atoms. The van der Waals surface area contributed by atoms with Gasteiger partial charge in [-0.15, -0.1) is 12.4 Å². The molecule has 0 aliphatic heterocycles. The highest BCUT2D eigenvalue weighted by Gasteiger charge is 2.23. The van der Waals surface area contributed by atoms with Crippen LogP contribution in [0.1, 0.15) is 56.6 Å². The number of hydrogen-bond acceptors (Lipinski definition) is 2. The summed E-state index contributed by atoms with van der Waals surface area (Å²) in [6.45, 7) is 4.84. The van der Waals surface area contributed by atoms with Crippen LogP contribution in [0.4, 0.5) is 0 Å². The monoisotopic (exact) mass is 324 g/mol. The standard InChI is InChI=1S/C18H28N2O.ClH/c1-13(2)10-16(12-19)20-18(21)11-15-8-5-7-14-6-3-4-9-17(14)15;/h3-4,6,9,13,15-16H,5,7-8,10-12,19H2,1-2H3,(H,20,21);1H. The van der Waals surface area contributed by atoms with Crippen LogP contribution < -0.4 is 11.1 Å². The third-order valence-corrected chi connectivity index (χ3v) is 4.33. The molecule has 22 heavy (non-hydrogen) atoms. The Labute approximate surface area is 140 Å². The second-order valence-electron chi connectivity index (χ2n) is 6.62. The van der Waals surface area contributed by atoms with Gasteiger partial charge in [0.2, 0.25) is 5.91 Å². The summed E-state index contributed by atoms with van der Waals surface area (Å²) in [6.07, 6.45) is 4.98. The van der Waals surface area contributed by atoms with E-state index in [9.17, 15) is 4.79 Å². The van der Waals surface area contributed by atoms with Crippen molar-refractivity contribution < 1.29 is 4.79 Å². The summed E-state index contributed by atoms with van der Waals surface area (Å²) in [7, 11) is 0. The summed E-state index contributed by atoms with van der Waals surface area (Å²) in [5, 5.41) is 3.11. The van der Waals surface area contributed by atoms with E-state index in [1.165, 1.54) is 17.5 Å². The Morgan fingerprint density at radius 2 is 2.09 bits per heavy atom. The molecule has 0 radical (unpaired) electrons. The van der Waals surface area contributed by atoms with Gasteiger partial charge in [0.25, 0.3) is 0 Å². The third kappa shape index (κ3) is 5.29. The molecular weight excluding hydrogens is 296 g/mol. The molecule has 2 rings (SSSR count). The summed E-state index contributed by atoms with van der Waals surface area (Å²) in [5.41, 5.74) is 8.55. The predicted octanol–water partition coefficient (Wildman–Crippen LogP) is 3.41. The lowest BCUT2D eigenvalue weighted by Gasteiger charge is -2.26. The van der Waals surface area contributed by atoms with E-state index in [2.05, 4.69) is 43.4 Å². The van der Waals surface area contributed by atoms with Crippen LogP contribution in [0.5, 0.6) is 0 Å². The van der Waals surface area contributed by atoms with Gasteiger partial charge < -0.3 is 11.1 Å². The van der Waals surface area contributed by atoms with Crippen molar-refractivity contribution >= 4 is 18.3 Å². The van der Waals surface area contributed by atoms with Crippen LogP contribution in [0, 0.1) is 5.92 Å². The Hall–Kier alpha value is -1.06. The molecule has 0 fully saturated rings. The SMILES string of the molecule is CC(C)CC(CN)NC(=O)CC1CCCc2ccccc21.Cl. The topological polar surface area (TPSA) is 55.1 Å². The van der Waals surface area contributed by atoms with E-state index in [-0.39, 0.29) is 24.4 Å². The molecule has 0 heterocycles. The summed E-state index contributed by atoms with van der Waals surface area (Å²) in [4.78, 5) is 12.3. The van der Waals surface area contributed by atoms with Gasteiger partial charge in [0.15, 0.2) is 0 Å². The van der Waals surface area contributed by atoms with Gasteiger partial charge in [-0.3, -0.25) is 4.79 Å². The molecule has 1 aliphatic rings. The fourth-order valence-electron chi connectivity index (χ4n) is 3.36. The number of carbonyl (C=O) groups excluding carboxylic acids is 1. The van der Waals surface area contributed by atoms with Crippen LogP contribution in [0.2, 0.25) is 0 Å². The average Bonchev–Trinajstić information content (AvgIpc) is 2.46. The number of benzene rings is 1. The van der Waals surface area contributed by atoms with Gasteiger partial charge in [-0.1, -0.05) is 38.1 Å². The minimum Gasteiger partial charge on any atom is -0.352 e. The summed E-state index contributed by atoms with van der Waals surface area (Å²) in [5.74, 6) is 1.06. The van der Waals surface area contributed by atoms with Crippen molar-refractivity contribution in [1.82, 2.24) is 5.32 Å². The molecule has 2 unspecified atom stereocenters. The molecule has 4 heteroatoms. The van der Waals surface area contributed by atoms with E-state index in [0.717, 1.165) is 19.3 Å². The molecule has 1 aromatic carbocycles. The third-order valence-electron chi connectivity index (χ3n) is 4.33. The molecule has 3 nitrogen and oxygen atoms in total. The molecule has 124 valence electrons. The van der Waals surface area contributed by atoms with Crippen molar-refractivity contribution in [3.05, 3.63) is 35.4 Å². The molecule has 1 aromatic rings. The Balaban J connectivity index is 0.00000242. The smallest absolute Gasteiger partial charge is 0.220 e. The van der Waals surface area contributed by atoms with Crippen molar-refractivity contribution in [2.75, 3.05) is 6.54 Å². The molecule has 1 amide bonds. The second kappa shape index (κ2) is 9.16. The number of nitrogens with two attached hydrogens (primary N) is 1. The first kappa shape index (κ1) is 19.0. The number of nitrogens with one attached hydrogen (secondary N) is 1. The van der Waals surface area contributed by atoms with Crippen molar-refractivity contribution in [2.45, 2.75) is 57.9 Å². The lowest BCUT2D eigenvalue weighted by Crippen LogP contribution is -2.41. The molecular formula is C18H29ClN2O. The van der Waals surface area contributed by atoms with Crippen LogP contribution in [0.25, 0.3) is 0 Å². The van der Waals surface area contributed by atoms with Gasteiger partial charge in [0.05, 0.1) is 0 Å². The quantitative estimate of drug-likeness (QED) is 0.842. The minimum atomic E-state index is 0. The maximum Gasteiger partial charge on any atom is 0.220 e. The van der Waals surface area contributed by atoms with E-state index in [1.54, 1.807) is 0 Å². The Kier molecular flexibility index (Phi) is 7.91. The Morgan fingerprint density at radius 3 is 2.77 bits per heavy atom. The molecule has 1 aliphatic carbocycles. The normalized spacial score (nSPS) is 18.3. The molecule has 0 aromatic heterocycles. The van der Waals surface area contributed by atoms with Crippen LogP contribution in [0.3, 0.4) is 0 Å². The largest absolute Gasteiger partial charge is 0.352 e. The van der Waals surface area contributed by atoms with E-state index in [1.807, 2.05) is 0 Å². The van der Waals surface area contributed by atoms with Gasteiger partial charge >= 0.3 is 0 Å². The second-order valence-corrected chi connectivity index (χ2v) is 6.62. The first-order valence-corrected chi connectivity index (χ1v) is 8.17. The highest BCUT2D eigenvalue weighted by molar-refractivity contribution is 5.85. The summed E-state index contributed by atoms with van der Waals surface area (Å²) >= 11 is 0. The number of halogens is 1. The van der Waals surface area contributed by atoms with Crippen LogP contribution >= 0.6 is 12.4 Å². The van der Waals surface area contributed by atoms with E-state index in [0.29, 0.717) is 24.8 Å². The molecule has 0 saturated heterocycles. The maximum absolute atomic E-state index is 12.3. The Bertz CT molecular complexity index is 476. The van der Waals surface area contributed by atoms with Crippen LogP contribution in [-0.2, 0) is 11.2 Å². The van der Waals surface area contributed by atoms with E-state index < -0.39 is 0 Å². The van der Waals surface area contributed by atoms with Gasteiger partial charge in [-0.2, -0.15) is 0 Å². The number of hydrogen-bond donors (Lipinski definition) is 2. The number of fused-ring (bicyclic) bond motifs is 1. The fourth-order valence-corrected chi connectivity index (χ4v) is 3.36. The van der Waals surface area contributed by atoms with E-state index >= 15 is 0 Å². The van der Waals surface area contributed by atoms with E-state index in [4.69, 9.17) is 5.73 Å². The highest BCUT2D eigenvalue weighted by atomic mass is 35.5. The average molecular weight is 325 g/mol. The molecule has 0 bridgehead atoms. The number of carbonyl (C=O) groups is 1. The van der Waals surface area contributed by atoms with Crippen LogP contribution in [0.15, 0.2) is 24.3 Å². The molecule has 2 atom stereocenters. The number of amides is 1. The molecule has 0 saturated carbocycles. The highest BCUT2D eigenvalue weighted by Crippen LogP contribution is 2.33. The van der Waals surface area contributed by atoms with Crippen molar-refractivity contribution in [2.24, 2.45) is 11.7 Å². The van der Waals surface area contributed by atoms with Crippen molar-refractivity contribution in [3.8, 4) is 0 Å². The van der Waals surface area contributed by atoms with Crippen molar-refractivity contribution in [3.63, 3.8) is 0 Å². The van der Waals surface area contributed by atoms with Gasteiger partial charge in [0.1, 0.15) is 0 Å². The lowest BCUT2D eigenvalue weighted by molar-refractivity contribution is -0.122. The number of aryl methyl sites for hydroxylation is 1. The minimum absolute atomic E-state index is 0. The molecule has 3 N–H and O–H groups in total. The number of rotatable bonds is 6. The van der Waals surface area contributed by atoms with Crippen molar-refractivity contribution in [1.29, 1.82) is 0 Å².